The molecule has 0 radical (unpaired) electrons. The van der Waals surface area contributed by atoms with E-state index >= 15 is 0 Å². The molecular formula is C9H14ClN3O. The largest absolute Gasteiger partial charge is 0.410 e. The third kappa shape index (κ3) is 2.07. The average molecular weight is 216 g/mol. The molecular weight excluding hydrogens is 202 g/mol. The Labute approximate surface area is 88.2 Å². The van der Waals surface area contributed by atoms with Crippen LogP contribution < -0.4 is 0 Å². The molecule has 14 heavy (non-hydrogen) atoms. The summed E-state index contributed by atoms with van der Waals surface area (Å²) in [6, 6.07) is 0. The van der Waals surface area contributed by atoms with Gasteiger partial charge in [0.2, 0.25) is 0 Å². The van der Waals surface area contributed by atoms with Gasteiger partial charge in [-0.25, -0.2) is 0 Å². The van der Waals surface area contributed by atoms with Crippen LogP contribution in [0.2, 0.25) is 0 Å². The molecule has 0 atom stereocenters. The van der Waals surface area contributed by atoms with E-state index in [0.29, 0.717) is 5.56 Å². The van der Waals surface area contributed by atoms with Gasteiger partial charge < -0.3 is 5.21 Å². The highest BCUT2D eigenvalue weighted by Crippen LogP contribution is 2.25. The fraction of sp³-hybridized carbons (Fsp3) is 0.556. The Hall–Kier alpha value is -1.03. The van der Waals surface area contributed by atoms with Crippen molar-refractivity contribution in [2.24, 2.45) is 12.2 Å². The van der Waals surface area contributed by atoms with E-state index in [-0.39, 0.29) is 10.6 Å². The van der Waals surface area contributed by atoms with Gasteiger partial charge in [-0.3, -0.25) is 4.68 Å². The molecule has 0 aromatic carbocycles. The molecule has 0 bridgehead atoms. The fourth-order valence-electron chi connectivity index (χ4n) is 1.25. The number of aryl methyl sites for hydroxylation is 1. The van der Waals surface area contributed by atoms with Crippen molar-refractivity contribution in [3.05, 3.63) is 17.5 Å². The number of oxime groups is 1. The van der Waals surface area contributed by atoms with E-state index in [2.05, 4.69) is 10.3 Å². The second kappa shape index (κ2) is 3.61. The van der Waals surface area contributed by atoms with Crippen molar-refractivity contribution in [2.45, 2.75) is 26.2 Å². The number of rotatable bonds is 1. The fourth-order valence-corrected chi connectivity index (χ4v) is 1.39. The summed E-state index contributed by atoms with van der Waals surface area (Å²) in [4.78, 5) is 0. The van der Waals surface area contributed by atoms with Crippen molar-refractivity contribution < 1.29 is 5.21 Å². The number of aromatic nitrogens is 2. The van der Waals surface area contributed by atoms with E-state index in [1.54, 1.807) is 17.9 Å². The van der Waals surface area contributed by atoms with Crippen molar-refractivity contribution in [1.82, 2.24) is 9.78 Å². The summed E-state index contributed by atoms with van der Waals surface area (Å²) in [6.45, 7) is 6.08. The molecule has 4 nitrogen and oxygen atoms in total. The number of hydrogen-bond acceptors (Lipinski definition) is 3. The summed E-state index contributed by atoms with van der Waals surface area (Å²) >= 11 is 5.76. The number of halogens is 1. The molecule has 0 amide bonds. The van der Waals surface area contributed by atoms with Gasteiger partial charge in [-0.1, -0.05) is 37.5 Å². The Bertz CT molecular complexity index is 363. The Morgan fingerprint density at radius 2 is 2.14 bits per heavy atom. The molecule has 5 heteroatoms. The predicted octanol–water partition coefficient (Wildman–Crippen LogP) is 2.09. The molecule has 0 aliphatic heterocycles. The van der Waals surface area contributed by atoms with Crippen LogP contribution in [0.3, 0.4) is 0 Å². The van der Waals surface area contributed by atoms with Gasteiger partial charge in [-0.2, -0.15) is 5.10 Å². The minimum Gasteiger partial charge on any atom is -0.410 e. The van der Waals surface area contributed by atoms with Crippen molar-refractivity contribution in [3.8, 4) is 0 Å². The molecule has 0 aliphatic carbocycles. The van der Waals surface area contributed by atoms with Gasteiger partial charge in [0.1, 0.15) is 0 Å². The Balaban J connectivity index is 3.30. The van der Waals surface area contributed by atoms with E-state index in [4.69, 9.17) is 16.8 Å². The van der Waals surface area contributed by atoms with Crippen molar-refractivity contribution >= 4 is 16.8 Å². The van der Waals surface area contributed by atoms with E-state index in [1.807, 2.05) is 20.8 Å². The quantitative estimate of drug-likeness (QED) is 0.443. The van der Waals surface area contributed by atoms with Crippen LogP contribution in [0.25, 0.3) is 0 Å². The van der Waals surface area contributed by atoms with Gasteiger partial charge in [0.05, 0.1) is 11.3 Å². The minimum atomic E-state index is -0.124. The lowest BCUT2D eigenvalue weighted by Crippen LogP contribution is -2.15. The first kappa shape index (κ1) is 11.0. The Kier molecular flexibility index (Phi) is 2.85. The van der Waals surface area contributed by atoms with E-state index in [9.17, 15) is 0 Å². The smallest absolute Gasteiger partial charge is 0.178 e. The van der Waals surface area contributed by atoms with Crippen molar-refractivity contribution in [3.63, 3.8) is 0 Å². The average Bonchev–Trinajstić information content (AvgIpc) is 2.45. The number of hydrogen-bond donors (Lipinski definition) is 1. The van der Waals surface area contributed by atoms with Gasteiger partial charge in [0.15, 0.2) is 5.17 Å². The molecule has 1 aromatic rings. The maximum atomic E-state index is 8.61. The molecule has 0 unspecified atom stereocenters. The summed E-state index contributed by atoms with van der Waals surface area (Å²) < 4.78 is 1.66. The highest BCUT2D eigenvalue weighted by Gasteiger charge is 2.24. The first-order valence-electron chi connectivity index (χ1n) is 4.28. The molecule has 0 spiro atoms. The zero-order chi connectivity index (χ0) is 10.9. The lowest BCUT2D eigenvalue weighted by atomic mass is 9.90. The maximum Gasteiger partial charge on any atom is 0.178 e. The van der Waals surface area contributed by atoms with Gasteiger partial charge in [-0.05, 0) is 0 Å². The van der Waals surface area contributed by atoms with Crippen molar-refractivity contribution in [2.75, 3.05) is 0 Å². The molecule has 1 heterocycles. The number of nitrogens with zero attached hydrogens (tertiary/aromatic N) is 3. The zero-order valence-electron chi connectivity index (χ0n) is 8.74. The summed E-state index contributed by atoms with van der Waals surface area (Å²) in [6.07, 6.45) is 1.74. The second-order valence-corrected chi connectivity index (χ2v) is 4.56. The third-order valence-corrected chi connectivity index (χ3v) is 2.13. The standard InChI is InChI=1S/C9H14ClN3O/c1-9(2,3)7-6(8(10)12-14)5-13(4)11-7/h5,14H,1-4H3/b12-8-. The van der Waals surface area contributed by atoms with Crippen LogP contribution in [-0.2, 0) is 12.5 Å². The van der Waals surface area contributed by atoms with E-state index in [1.165, 1.54) is 0 Å². The van der Waals surface area contributed by atoms with E-state index < -0.39 is 0 Å². The van der Waals surface area contributed by atoms with Crippen LogP contribution in [-0.4, -0.2) is 20.2 Å². The highest BCUT2D eigenvalue weighted by molar-refractivity contribution is 6.69. The minimum absolute atomic E-state index is 0.0722. The lowest BCUT2D eigenvalue weighted by Gasteiger charge is -2.16. The summed E-state index contributed by atoms with van der Waals surface area (Å²) in [7, 11) is 1.81. The third-order valence-electron chi connectivity index (χ3n) is 1.85. The molecule has 1 rings (SSSR count). The molecule has 78 valence electrons. The normalized spacial score (nSPS) is 13.4. The van der Waals surface area contributed by atoms with E-state index in [0.717, 1.165) is 5.69 Å². The summed E-state index contributed by atoms with van der Waals surface area (Å²) in [5.41, 5.74) is 1.37. The van der Waals surface area contributed by atoms with Crippen LogP contribution in [0.4, 0.5) is 0 Å². The molecule has 1 N–H and O–H groups in total. The van der Waals surface area contributed by atoms with Gasteiger partial charge in [0.25, 0.3) is 0 Å². The van der Waals surface area contributed by atoms with Gasteiger partial charge in [0, 0.05) is 18.7 Å². The predicted molar refractivity (Wildman–Crippen MR) is 56.1 cm³/mol. The van der Waals surface area contributed by atoms with Crippen LogP contribution in [0.5, 0.6) is 0 Å². The summed E-state index contributed by atoms with van der Waals surface area (Å²) in [5, 5.41) is 15.9. The van der Waals surface area contributed by atoms with Crippen LogP contribution in [0.1, 0.15) is 32.0 Å². The molecule has 1 aromatic heterocycles. The second-order valence-electron chi connectivity index (χ2n) is 4.21. The van der Waals surface area contributed by atoms with Crippen LogP contribution >= 0.6 is 11.6 Å². The van der Waals surface area contributed by atoms with Crippen LogP contribution in [0, 0.1) is 0 Å². The maximum absolute atomic E-state index is 8.61. The Morgan fingerprint density at radius 1 is 1.57 bits per heavy atom. The molecule has 0 fully saturated rings. The Morgan fingerprint density at radius 3 is 2.57 bits per heavy atom. The van der Waals surface area contributed by atoms with Crippen molar-refractivity contribution in [1.29, 1.82) is 0 Å². The molecule has 0 saturated carbocycles. The lowest BCUT2D eigenvalue weighted by molar-refractivity contribution is 0.320. The van der Waals surface area contributed by atoms with Crippen LogP contribution in [0.15, 0.2) is 11.4 Å². The summed E-state index contributed by atoms with van der Waals surface area (Å²) in [5.74, 6) is 0. The molecule has 0 saturated heterocycles. The SMILES string of the molecule is Cn1cc(/C(Cl)=N/O)c(C(C)(C)C)n1. The van der Waals surface area contributed by atoms with Gasteiger partial charge >= 0.3 is 0 Å². The topological polar surface area (TPSA) is 50.4 Å². The first-order chi connectivity index (χ1) is 6.36. The first-order valence-corrected chi connectivity index (χ1v) is 4.66. The molecule has 0 aliphatic rings. The highest BCUT2D eigenvalue weighted by atomic mass is 35.5. The monoisotopic (exact) mass is 215 g/mol. The zero-order valence-corrected chi connectivity index (χ0v) is 9.50. The van der Waals surface area contributed by atoms with Gasteiger partial charge in [-0.15, -0.1) is 0 Å².